The van der Waals surface area contributed by atoms with E-state index in [2.05, 4.69) is 0 Å². The van der Waals surface area contributed by atoms with E-state index in [-0.39, 0.29) is 12.6 Å². The van der Waals surface area contributed by atoms with Crippen LogP contribution in [-0.2, 0) is 0 Å². The Bertz CT molecular complexity index is 289. The van der Waals surface area contributed by atoms with Gasteiger partial charge >= 0.3 is 0 Å². The van der Waals surface area contributed by atoms with Crippen LogP contribution in [0.2, 0.25) is 0 Å². The van der Waals surface area contributed by atoms with Crippen molar-refractivity contribution in [1.82, 2.24) is 0 Å². The quantitative estimate of drug-likeness (QED) is 0.752. The minimum Gasteiger partial charge on any atom is -0.494 e. The van der Waals surface area contributed by atoms with Crippen molar-refractivity contribution in [3.05, 3.63) is 29.8 Å². The highest BCUT2D eigenvalue weighted by atomic mass is 16.5. The van der Waals surface area contributed by atoms with Gasteiger partial charge in [-0.1, -0.05) is 18.2 Å². The largest absolute Gasteiger partial charge is 0.494 e. The van der Waals surface area contributed by atoms with Crippen molar-refractivity contribution in [2.75, 3.05) is 13.2 Å². The Kier molecular flexibility index (Phi) is 5.15. The summed E-state index contributed by atoms with van der Waals surface area (Å²) in [4.78, 5) is 0. The fraction of sp³-hybridized carbons (Fsp3) is 0.500. The second-order valence-electron chi connectivity index (χ2n) is 3.44. The van der Waals surface area contributed by atoms with Crippen LogP contribution in [-0.4, -0.2) is 18.3 Å². The summed E-state index contributed by atoms with van der Waals surface area (Å²) >= 11 is 0. The molecular weight excluding hydrogens is 190 g/mol. The lowest BCUT2D eigenvalue weighted by molar-refractivity contribution is 0.278. The smallest absolute Gasteiger partial charge is 0.124 e. The first-order valence-corrected chi connectivity index (χ1v) is 5.37. The van der Waals surface area contributed by atoms with Crippen LogP contribution >= 0.6 is 0 Å². The summed E-state index contributed by atoms with van der Waals surface area (Å²) in [5.41, 5.74) is 7.04. The number of aliphatic hydroxyl groups is 1. The monoisotopic (exact) mass is 209 g/mol. The van der Waals surface area contributed by atoms with Gasteiger partial charge in [0, 0.05) is 18.2 Å². The molecule has 1 atom stereocenters. The Balaban J connectivity index is 2.72. The average Bonchev–Trinajstić information content (AvgIpc) is 2.27. The zero-order valence-electron chi connectivity index (χ0n) is 9.15. The molecule has 1 rings (SSSR count). The normalized spacial score (nSPS) is 12.5. The van der Waals surface area contributed by atoms with E-state index in [1.165, 1.54) is 0 Å². The summed E-state index contributed by atoms with van der Waals surface area (Å²) in [6.45, 7) is 2.78. The molecule has 0 heterocycles. The highest BCUT2D eigenvalue weighted by Gasteiger charge is 2.10. The molecule has 3 nitrogen and oxygen atoms in total. The van der Waals surface area contributed by atoms with E-state index in [4.69, 9.17) is 15.6 Å². The third-order valence-corrected chi connectivity index (χ3v) is 2.29. The van der Waals surface area contributed by atoms with E-state index in [9.17, 15) is 0 Å². The minimum absolute atomic E-state index is 0.0556. The van der Waals surface area contributed by atoms with E-state index in [1.807, 2.05) is 31.2 Å². The standard InChI is InChI=1S/C12H19NO2/c1-2-15-12-8-4-3-6-10(12)11(13)7-5-9-14/h3-4,6,8,11,14H,2,5,7,9,13H2,1H3/t11-/m1/s1. The predicted molar refractivity (Wildman–Crippen MR) is 60.9 cm³/mol. The maximum absolute atomic E-state index is 8.75. The van der Waals surface area contributed by atoms with Gasteiger partial charge in [0.1, 0.15) is 5.75 Å². The Hall–Kier alpha value is -1.06. The van der Waals surface area contributed by atoms with Crippen molar-refractivity contribution < 1.29 is 9.84 Å². The molecule has 0 bridgehead atoms. The fourth-order valence-corrected chi connectivity index (χ4v) is 1.54. The molecular formula is C12H19NO2. The second kappa shape index (κ2) is 6.43. The summed E-state index contributed by atoms with van der Waals surface area (Å²) in [6, 6.07) is 7.74. The lowest BCUT2D eigenvalue weighted by Crippen LogP contribution is -2.12. The van der Waals surface area contributed by atoms with Crippen molar-refractivity contribution in [2.45, 2.75) is 25.8 Å². The van der Waals surface area contributed by atoms with E-state index in [0.29, 0.717) is 6.61 Å². The number of rotatable bonds is 6. The molecule has 0 aliphatic rings. The third kappa shape index (κ3) is 3.53. The van der Waals surface area contributed by atoms with Crippen molar-refractivity contribution in [2.24, 2.45) is 5.73 Å². The van der Waals surface area contributed by atoms with Gasteiger partial charge in [0.2, 0.25) is 0 Å². The number of hydrogen-bond donors (Lipinski definition) is 2. The average molecular weight is 209 g/mol. The number of para-hydroxylation sites is 1. The Morgan fingerprint density at radius 3 is 2.80 bits per heavy atom. The molecule has 1 aromatic carbocycles. The molecule has 3 heteroatoms. The van der Waals surface area contributed by atoms with Gasteiger partial charge in [-0.05, 0) is 25.8 Å². The van der Waals surface area contributed by atoms with Crippen molar-refractivity contribution >= 4 is 0 Å². The van der Waals surface area contributed by atoms with Gasteiger partial charge in [-0.3, -0.25) is 0 Å². The van der Waals surface area contributed by atoms with Crippen molar-refractivity contribution in [1.29, 1.82) is 0 Å². The second-order valence-corrected chi connectivity index (χ2v) is 3.44. The van der Waals surface area contributed by atoms with Gasteiger partial charge in [-0.2, -0.15) is 0 Å². The molecule has 0 amide bonds. The van der Waals surface area contributed by atoms with Crippen LogP contribution in [0.25, 0.3) is 0 Å². The Labute approximate surface area is 90.9 Å². The number of nitrogens with two attached hydrogens (primary N) is 1. The molecule has 0 aromatic heterocycles. The van der Waals surface area contributed by atoms with Gasteiger partial charge in [-0.25, -0.2) is 0 Å². The number of ether oxygens (including phenoxy) is 1. The third-order valence-electron chi connectivity index (χ3n) is 2.29. The van der Waals surface area contributed by atoms with E-state index in [1.54, 1.807) is 0 Å². The molecule has 0 radical (unpaired) electrons. The molecule has 0 unspecified atom stereocenters. The van der Waals surface area contributed by atoms with Crippen LogP contribution in [0.15, 0.2) is 24.3 Å². The SMILES string of the molecule is CCOc1ccccc1[C@H](N)CCCO. The maximum atomic E-state index is 8.75. The van der Waals surface area contributed by atoms with Gasteiger partial charge in [-0.15, -0.1) is 0 Å². The first-order chi connectivity index (χ1) is 7.29. The summed E-state index contributed by atoms with van der Waals surface area (Å²) < 4.78 is 5.50. The van der Waals surface area contributed by atoms with Gasteiger partial charge < -0.3 is 15.6 Å². The van der Waals surface area contributed by atoms with E-state index >= 15 is 0 Å². The lowest BCUT2D eigenvalue weighted by atomic mass is 10.0. The fourth-order valence-electron chi connectivity index (χ4n) is 1.54. The molecule has 0 saturated heterocycles. The Morgan fingerprint density at radius 1 is 1.40 bits per heavy atom. The minimum atomic E-state index is -0.0556. The van der Waals surface area contributed by atoms with Crippen LogP contribution in [0.4, 0.5) is 0 Å². The summed E-state index contributed by atoms with van der Waals surface area (Å²) in [5, 5.41) is 8.75. The van der Waals surface area contributed by atoms with Crippen LogP contribution in [0.3, 0.4) is 0 Å². The lowest BCUT2D eigenvalue weighted by Gasteiger charge is -2.15. The highest BCUT2D eigenvalue weighted by Crippen LogP contribution is 2.26. The van der Waals surface area contributed by atoms with Gasteiger partial charge in [0.25, 0.3) is 0 Å². The molecule has 0 saturated carbocycles. The van der Waals surface area contributed by atoms with Crippen molar-refractivity contribution in [3.63, 3.8) is 0 Å². The van der Waals surface area contributed by atoms with Crippen molar-refractivity contribution in [3.8, 4) is 5.75 Å². The highest BCUT2D eigenvalue weighted by molar-refractivity contribution is 5.35. The van der Waals surface area contributed by atoms with Gasteiger partial charge in [0.05, 0.1) is 6.61 Å². The molecule has 15 heavy (non-hydrogen) atoms. The van der Waals surface area contributed by atoms with Crippen LogP contribution < -0.4 is 10.5 Å². The zero-order valence-corrected chi connectivity index (χ0v) is 9.15. The first kappa shape index (κ1) is 12.0. The molecule has 0 spiro atoms. The van der Waals surface area contributed by atoms with E-state index < -0.39 is 0 Å². The molecule has 0 fully saturated rings. The summed E-state index contributed by atoms with van der Waals surface area (Å²) in [5.74, 6) is 0.852. The molecule has 1 aromatic rings. The predicted octanol–water partition coefficient (Wildman–Crippen LogP) is 1.86. The topological polar surface area (TPSA) is 55.5 Å². The first-order valence-electron chi connectivity index (χ1n) is 5.37. The number of aliphatic hydroxyl groups excluding tert-OH is 1. The van der Waals surface area contributed by atoms with Gasteiger partial charge in [0.15, 0.2) is 0 Å². The summed E-state index contributed by atoms with van der Waals surface area (Å²) in [7, 11) is 0. The number of hydrogen-bond acceptors (Lipinski definition) is 3. The molecule has 0 aliphatic carbocycles. The Morgan fingerprint density at radius 2 is 2.13 bits per heavy atom. The molecule has 3 N–H and O–H groups in total. The molecule has 0 aliphatic heterocycles. The van der Waals surface area contributed by atoms with Crippen LogP contribution in [0, 0.1) is 0 Å². The van der Waals surface area contributed by atoms with Crippen LogP contribution in [0.5, 0.6) is 5.75 Å². The maximum Gasteiger partial charge on any atom is 0.124 e. The van der Waals surface area contributed by atoms with Crippen LogP contribution in [0.1, 0.15) is 31.4 Å². The number of benzene rings is 1. The molecule has 84 valence electrons. The summed E-state index contributed by atoms with van der Waals surface area (Å²) in [6.07, 6.45) is 1.50. The van der Waals surface area contributed by atoms with E-state index in [0.717, 1.165) is 24.2 Å². The zero-order chi connectivity index (χ0) is 11.1.